The number of urea groups is 1. The summed E-state index contributed by atoms with van der Waals surface area (Å²) >= 11 is 13.1. The van der Waals surface area contributed by atoms with Crippen LogP contribution in [0.1, 0.15) is 101 Å². The summed E-state index contributed by atoms with van der Waals surface area (Å²) in [6.45, 7) is 17.7. The highest BCUT2D eigenvalue weighted by Crippen LogP contribution is 2.45. The molecular formula is C59H62Cl2N14O3. The molecule has 2 unspecified atom stereocenters. The normalized spacial score (nSPS) is 18.2. The van der Waals surface area contributed by atoms with Crippen LogP contribution in [0.25, 0.3) is 28.1 Å². The third-order valence-corrected chi connectivity index (χ3v) is 15.2. The first-order chi connectivity index (χ1) is 37.5. The Bertz CT molecular complexity index is 3450. The Hall–Kier alpha value is -7.69. The second-order valence-electron chi connectivity index (χ2n) is 20.9. The fourth-order valence-corrected chi connectivity index (χ4v) is 11.1. The van der Waals surface area contributed by atoms with Crippen molar-refractivity contribution in [2.45, 2.75) is 50.5 Å². The zero-order chi connectivity index (χ0) is 54.8. The van der Waals surface area contributed by atoms with Gasteiger partial charge in [0.15, 0.2) is 5.69 Å². The number of nitrogens with two attached hydrogens (primary N) is 2. The lowest BCUT2D eigenvalue weighted by Crippen LogP contribution is -2.51. The van der Waals surface area contributed by atoms with Gasteiger partial charge in [0.25, 0.3) is 0 Å². The summed E-state index contributed by atoms with van der Waals surface area (Å²) in [7, 11) is 3.88. The van der Waals surface area contributed by atoms with Gasteiger partial charge in [0.1, 0.15) is 5.60 Å². The van der Waals surface area contributed by atoms with Crippen LogP contribution in [0.3, 0.4) is 0 Å². The summed E-state index contributed by atoms with van der Waals surface area (Å²) in [6.07, 6.45) is 14.7. The molecule has 0 bridgehead atoms. The van der Waals surface area contributed by atoms with Gasteiger partial charge in [-0.25, -0.2) is 24.4 Å². The molecule has 7 aromatic rings. The van der Waals surface area contributed by atoms with E-state index in [-0.39, 0.29) is 24.2 Å². The average Bonchev–Trinajstić information content (AvgIpc) is 4.01. The van der Waals surface area contributed by atoms with Gasteiger partial charge < -0.3 is 40.5 Å². The minimum atomic E-state index is -0.523. The van der Waals surface area contributed by atoms with Crippen LogP contribution in [0.2, 0.25) is 10.0 Å². The number of ether oxygens (including phenoxy) is 1. The Balaban J connectivity index is 0.000000177. The van der Waals surface area contributed by atoms with Gasteiger partial charge in [-0.2, -0.15) is 0 Å². The predicted molar refractivity (Wildman–Crippen MR) is 305 cm³/mol. The van der Waals surface area contributed by atoms with Crippen LogP contribution in [0, 0.1) is 6.57 Å². The lowest BCUT2D eigenvalue weighted by Gasteiger charge is -2.40. The number of anilines is 1. The van der Waals surface area contributed by atoms with E-state index >= 15 is 0 Å². The number of hydrogen-bond acceptors (Lipinski definition) is 11. The maximum absolute atomic E-state index is 13.0. The SMILES string of the molecule is Cn1cncc1C(N)C1=Cc2cccnc2[C@@H](N2CCN(C(=O)OC(C)(C)C)CC2)c2ccc(Cl)cc21.[C-]#[N+]c1ccc(NC(=O)N2CCN([C@H]3c4ccc(Cl)cc4C(C(N)c4cncn4C)=Cc4cccnc43)CC2)cc1. The summed E-state index contributed by atoms with van der Waals surface area (Å²) in [4.78, 5) is 55.7. The number of amides is 3. The van der Waals surface area contributed by atoms with Crippen molar-refractivity contribution < 1.29 is 14.3 Å². The number of aromatic nitrogens is 6. The molecule has 0 saturated carbocycles. The van der Waals surface area contributed by atoms with Crippen molar-refractivity contribution in [2.75, 3.05) is 57.7 Å². The highest BCUT2D eigenvalue weighted by atomic mass is 35.5. The maximum Gasteiger partial charge on any atom is 0.410 e. The first-order valence-electron chi connectivity index (χ1n) is 25.9. The zero-order valence-electron chi connectivity index (χ0n) is 44.2. The first kappa shape index (κ1) is 53.7. The van der Waals surface area contributed by atoms with E-state index in [9.17, 15) is 9.59 Å². The van der Waals surface area contributed by atoms with Gasteiger partial charge in [0.2, 0.25) is 0 Å². The summed E-state index contributed by atoms with van der Waals surface area (Å²) in [5, 5.41) is 4.23. The third kappa shape index (κ3) is 11.3. The number of rotatable bonds is 7. The molecule has 400 valence electrons. The molecule has 2 aliphatic carbocycles. The molecule has 2 aliphatic heterocycles. The van der Waals surface area contributed by atoms with Gasteiger partial charge in [-0.1, -0.05) is 59.6 Å². The highest BCUT2D eigenvalue weighted by Gasteiger charge is 2.38. The number of pyridine rings is 2. The largest absolute Gasteiger partial charge is 0.444 e. The van der Waals surface area contributed by atoms with Crippen LogP contribution in [-0.4, -0.2) is 119 Å². The number of benzene rings is 3. The maximum atomic E-state index is 13.0. The molecule has 0 spiro atoms. The van der Waals surface area contributed by atoms with Gasteiger partial charge in [-0.05, 0) is 126 Å². The van der Waals surface area contributed by atoms with Crippen LogP contribution in [0.15, 0.2) is 122 Å². The zero-order valence-corrected chi connectivity index (χ0v) is 45.7. The number of fused-ring (bicyclic) bond motifs is 4. The van der Waals surface area contributed by atoms with Crippen LogP contribution in [0.5, 0.6) is 0 Å². The van der Waals surface area contributed by atoms with Crippen molar-refractivity contribution in [3.05, 3.63) is 200 Å². The second kappa shape index (κ2) is 22.7. The van der Waals surface area contributed by atoms with E-state index in [1.807, 2.05) is 97.7 Å². The second-order valence-corrected chi connectivity index (χ2v) is 21.7. The number of aryl methyl sites for hydroxylation is 2. The standard InChI is InChI=1S/C31H29ClN8O.C28H33ClN6O2/c1-34-22-6-8-23(9-7-22)37-31(41)40-14-12-39(13-15-40)30-24-10-5-21(32)17-25(24)26(16-20-4-3-11-36-29(20)30)28(33)27-18-35-19-38(27)2;1-28(2,3)37-27(36)35-12-10-34(11-13-35)26-20-8-7-19(29)15-21(20)22(14-18-6-5-9-32-25(18)26)24(30)23-16-31-17-33(23)4/h3-11,16-19,28,30H,12-15,33H2,2H3,(H,37,41);5-9,14-17,24,26H,10-13,30H2,1-4H3/t28?,30-;24?,26-/m00/s1. The van der Waals surface area contributed by atoms with E-state index < -0.39 is 17.7 Å². The lowest BCUT2D eigenvalue weighted by atomic mass is 9.90. The van der Waals surface area contributed by atoms with Gasteiger partial charge in [-0.3, -0.25) is 19.8 Å². The summed E-state index contributed by atoms with van der Waals surface area (Å²) in [5.74, 6) is 0. The Kier molecular flexibility index (Phi) is 15.6. The number of nitrogens with one attached hydrogen (secondary N) is 1. The Labute approximate surface area is 464 Å². The molecule has 6 heterocycles. The molecule has 3 amide bonds. The molecule has 4 atom stereocenters. The van der Waals surface area contributed by atoms with E-state index in [1.165, 1.54) is 0 Å². The predicted octanol–water partition coefficient (Wildman–Crippen LogP) is 10.2. The van der Waals surface area contributed by atoms with Gasteiger partial charge in [0.05, 0.1) is 78.6 Å². The van der Waals surface area contributed by atoms with Crippen molar-refractivity contribution >= 4 is 70.0 Å². The number of nitrogens with zero attached hydrogens (tertiary/aromatic N) is 11. The molecule has 19 heteroatoms. The van der Waals surface area contributed by atoms with Crippen molar-refractivity contribution in [3.63, 3.8) is 0 Å². The van der Waals surface area contributed by atoms with Crippen LogP contribution in [-0.2, 0) is 18.8 Å². The number of carbonyl (C=O) groups is 2. The van der Waals surface area contributed by atoms with Gasteiger partial charge >= 0.3 is 12.1 Å². The minimum Gasteiger partial charge on any atom is -0.444 e. The van der Waals surface area contributed by atoms with E-state index in [1.54, 1.807) is 54.2 Å². The third-order valence-electron chi connectivity index (χ3n) is 14.7. The van der Waals surface area contributed by atoms with Crippen molar-refractivity contribution in [1.29, 1.82) is 0 Å². The molecule has 4 aliphatic rings. The number of imidazole rings is 2. The molecule has 0 radical (unpaired) electrons. The minimum absolute atomic E-state index is 0.114. The average molecular weight is 1090 g/mol. The molecule has 11 rings (SSSR count). The molecular weight excluding hydrogens is 1020 g/mol. The van der Waals surface area contributed by atoms with E-state index in [4.69, 9.17) is 55.9 Å². The Morgan fingerprint density at radius 2 is 1.14 bits per heavy atom. The lowest BCUT2D eigenvalue weighted by molar-refractivity contribution is 0.0118. The molecule has 78 heavy (non-hydrogen) atoms. The van der Waals surface area contributed by atoms with Crippen molar-refractivity contribution in [2.24, 2.45) is 25.6 Å². The van der Waals surface area contributed by atoms with E-state index in [0.717, 1.165) is 67.3 Å². The van der Waals surface area contributed by atoms with Crippen molar-refractivity contribution in [3.8, 4) is 0 Å². The summed E-state index contributed by atoms with van der Waals surface area (Å²) in [5.41, 5.74) is 26.2. The number of hydrogen-bond donors (Lipinski definition) is 3. The molecule has 2 fully saturated rings. The molecule has 17 nitrogen and oxygen atoms in total. The first-order valence-corrected chi connectivity index (χ1v) is 26.7. The number of carbonyl (C=O) groups excluding carboxylic acids is 2. The molecule has 2 saturated heterocycles. The molecule has 3 aromatic carbocycles. The Morgan fingerprint density at radius 1 is 0.679 bits per heavy atom. The monoisotopic (exact) mass is 1080 g/mol. The van der Waals surface area contributed by atoms with Gasteiger partial charge in [0, 0.05) is 94.6 Å². The fraction of sp³-hybridized carbons (Fsp3) is 0.305. The summed E-state index contributed by atoms with van der Waals surface area (Å²) in [6, 6.07) is 25.7. The topological polar surface area (TPSA) is 186 Å². The Morgan fingerprint density at radius 3 is 1.56 bits per heavy atom. The molecule has 5 N–H and O–H groups in total. The van der Waals surface area contributed by atoms with E-state index in [0.29, 0.717) is 73.8 Å². The van der Waals surface area contributed by atoms with Crippen LogP contribution >= 0.6 is 23.2 Å². The van der Waals surface area contributed by atoms with Crippen LogP contribution in [0.4, 0.5) is 21.0 Å². The number of piperazine rings is 2. The molecule has 4 aromatic heterocycles. The quantitative estimate of drug-likeness (QED) is 0.129. The van der Waals surface area contributed by atoms with E-state index in [2.05, 4.69) is 66.3 Å². The fourth-order valence-electron chi connectivity index (χ4n) is 10.8. The summed E-state index contributed by atoms with van der Waals surface area (Å²) < 4.78 is 9.48. The van der Waals surface area contributed by atoms with Crippen LogP contribution < -0.4 is 16.8 Å². The van der Waals surface area contributed by atoms with Crippen molar-refractivity contribution in [1.82, 2.24) is 48.7 Å². The smallest absolute Gasteiger partial charge is 0.410 e. The number of halogens is 2. The highest BCUT2D eigenvalue weighted by molar-refractivity contribution is 6.31. The van der Waals surface area contributed by atoms with Gasteiger partial charge in [-0.15, -0.1) is 0 Å².